The number of carbonyl (C=O) groups is 1. The number of hydrogen-bond donors (Lipinski definition) is 2. The maximum Gasteiger partial charge on any atom is 0.227 e. The predicted molar refractivity (Wildman–Crippen MR) is 85.2 cm³/mol. The fourth-order valence-electron chi connectivity index (χ4n) is 2.53. The monoisotopic (exact) mass is 294 g/mol. The van der Waals surface area contributed by atoms with Gasteiger partial charge in [0.25, 0.3) is 0 Å². The molecule has 112 valence electrons. The van der Waals surface area contributed by atoms with E-state index in [1.165, 1.54) is 0 Å². The lowest BCUT2D eigenvalue weighted by molar-refractivity contribution is -0.122. The number of aromatic nitrogens is 3. The molecule has 22 heavy (non-hydrogen) atoms. The molecule has 0 aliphatic carbocycles. The zero-order valence-electron chi connectivity index (χ0n) is 12.4. The summed E-state index contributed by atoms with van der Waals surface area (Å²) in [5.74, 6) is 0.593. The first-order valence-electron chi connectivity index (χ1n) is 7.40. The zero-order valence-corrected chi connectivity index (χ0v) is 12.4. The summed E-state index contributed by atoms with van der Waals surface area (Å²) in [7, 11) is 0. The molecule has 0 spiro atoms. The normalized spacial score (nSPS) is 12.2. The van der Waals surface area contributed by atoms with E-state index in [9.17, 15) is 4.79 Å². The van der Waals surface area contributed by atoms with Crippen LogP contribution in [0.3, 0.4) is 0 Å². The van der Waals surface area contributed by atoms with Crippen molar-refractivity contribution in [3.05, 3.63) is 60.0 Å². The molecule has 0 saturated heterocycles. The third kappa shape index (κ3) is 2.98. The summed E-state index contributed by atoms with van der Waals surface area (Å²) in [6, 6.07) is 13.6. The van der Waals surface area contributed by atoms with Crippen molar-refractivity contribution in [3.63, 3.8) is 0 Å². The Labute approximate surface area is 128 Å². The standard InChI is InChI=1S/C17H18N4O/c1-2-13(12-7-4-3-5-8-12)17(22)19-11-15-20-14-9-6-10-18-16(14)21-15/h3-10,13H,2,11H2,1H3,(H,19,22)(H,18,20,21). The number of fused-ring (bicyclic) bond motifs is 1. The Kier molecular flexibility index (Phi) is 4.14. The molecule has 0 radical (unpaired) electrons. The number of carbonyl (C=O) groups excluding carboxylic acids is 1. The highest BCUT2D eigenvalue weighted by atomic mass is 16.1. The van der Waals surface area contributed by atoms with E-state index >= 15 is 0 Å². The molecule has 5 heteroatoms. The van der Waals surface area contributed by atoms with Gasteiger partial charge in [0.1, 0.15) is 5.82 Å². The van der Waals surface area contributed by atoms with Gasteiger partial charge in [0.05, 0.1) is 18.0 Å². The van der Waals surface area contributed by atoms with Gasteiger partial charge in [-0.25, -0.2) is 9.97 Å². The van der Waals surface area contributed by atoms with Crippen molar-refractivity contribution in [2.75, 3.05) is 0 Å². The molecule has 2 aromatic heterocycles. The van der Waals surface area contributed by atoms with E-state index in [0.29, 0.717) is 18.0 Å². The minimum absolute atomic E-state index is 0.0158. The van der Waals surface area contributed by atoms with Crippen molar-refractivity contribution in [1.29, 1.82) is 0 Å². The number of pyridine rings is 1. The van der Waals surface area contributed by atoms with Gasteiger partial charge in [-0.3, -0.25) is 4.79 Å². The molecular formula is C17H18N4O. The molecule has 0 bridgehead atoms. The molecule has 2 N–H and O–H groups in total. The van der Waals surface area contributed by atoms with E-state index in [1.807, 2.05) is 49.4 Å². The lowest BCUT2D eigenvalue weighted by Gasteiger charge is -2.14. The zero-order chi connectivity index (χ0) is 15.4. The number of imidazole rings is 1. The predicted octanol–water partition coefficient (Wildman–Crippen LogP) is 2.77. The highest BCUT2D eigenvalue weighted by Crippen LogP contribution is 2.19. The van der Waals surface area contributed by atoms with Crippen molar-refractivity contribution in [3.8, 4) is 0 Å². The maximum absolute atomic E-state index is 12.4. The van der Waals surface area contributed by atoms with Gasteiger partial charge in [-0.15, -0.1) is 0 Å². The van der Waals surface area contributed by atoms with Crippen LogP contribution in [0.1, 0.15) is 30.7 Å². The second-order valence-corrected chi connectivity index (χ2v) is 5.15. The van der Waals surface area contributed by atoms with Crippen LogP contribution < -0.4 is 5.32 Å². The summed E-state index contributed by atoms with van der Waals surface area (Å²) in [6.45, 7) is 2.39. The van der Waals surface area contributed by atoms with E-state index in [4.69, 9.17) is 0 Å². The molecule has 0 aliphatic rings. The number of H-pyrrole nitrogens is 1. The second-order valence-electron chi connectivity index (χ2n) is 5.15. The minimum Gasteiger partial charge on any atom is -0.348 e. The van der Waals surface area contributed by atoms with Crippen LogP contribution in [0.2, 0.25) is 0 Å². The topological polar surface area (TPSA) is 70.7 Å². The first-order valence-corrected chi connectivity index (χ1v) is 7.40. The Morgan fingerprint density at radius 3 is 2.77 bits per heavy atom. The average molecular weight is 294 g/mol. The summed E-state index contributed by atoms with van der Waals surface area (Å²) >= 11 is 0. The number of benzene rings is 1. The second kappa shape index (κ2) is 6.39. The van der Waals surface area contributed by atoms with Crippen LogP contribution in [-0.4, -0.2) is 20.9 Å². The number of hydrogen-bond acceptors (Lipinski definition) is 3. The molecule has 0 fully saturated rings. The van der Waals surface area contributed by atoms with Gasteiger partial charge in [0.2, 0.25) is 5.91 Å². The lowest BCUT2D eigenvalue weighted by Crippen LogP contribution is -2.29. The van der Waals surface area contributed by atoms with Crippen molar-refractivity contribution in [1.82, 2.24) is 20.3 Å². The van der Waals surface area contributed by atoms with Crippen LogP contribution in [0.4, 0.5) is 0 Å². The summed E-state index contributed by atoms with van der Waals surface area (Å²) in [4.78, 5) is 24.1. The molecule has 1 atom stereocenters. The van der Waals surface area contributed by atoms with Crippen LogP contribution in [0.15, 0.2) is 48.7 Å². The van der Waals surface area contributed by atoms with E-state index in [2.05, 4.69) is 20.3 Å². The molecule has 1 amide bonds. The summed E-state index contributed by atoms with van der Waals surface area (Å²) < 4.78 is 0. The Bertz CT molecular complexity index is 733. The van der Waals surface area contributed by atoms with Crippen molar-refractivity contribution in [2.24, 2.45) is 0 Å². The van der Waals surface area contributed by atoms with E-state index in [1.54, 1.807) is 6.20 Å². The molecule has 3 aromatic rings. The summed E-state index contributed by atoms with van der Waals surface area (Å²) in [5, 5.41) is 2.95. The van der Waals surface area contributed by atoms with E-state index in [0.717, 1.165) is 17.5 Å². The van der Waals surface area contributed by atoms with Crippen LogP contribution in [0.5, 0.6) is 0 Å². The van der Waals surface area contributed by atoms with Crippen LogP contribution >= 0.6 is 0 Å². The van der Waals surface area contributed by atoms with Crippen molar-refractivity contribution >= 4 is 17.1 Å². The molecule has 2 heterocycles. The Morgan fingerprint density at radius 2 is 2.05 bits per heavy atom. The fourth-order valence-corrected chi connectivity index (χ4v) is 2.53. The van der Waals surface area contributed by atoms with Crippen LogP contribution in [0, 0.1) is 0 Å². The van der Waals surface area contributed by atoms with Gasteiger partial charge in [-0.05, 0) is 24.1 Å². The van der Waals surface area contributed by atoms with E-state index < -0.39 is 0 Å². The van der Waals surface area contributed by atoms with Crippen LogP contribution in [0.25, 0.3) is 11.2 Å². The van der Waals surface area contributed by atoms with Crippen molar-refractivity contribution < 1.29 is 4.79 Å². The van der Waals surface area contributed by atoms with Crippen molar-refractivity contribution in [2.45, 2.75) is 25.8 Å². The van der Waals surface area contributed by atoms with Gasteiger partial charge in [-0.2, -0.15) is 0 Å². The number of rotatable bonds is 5. The third-order valence-electron chi connectivity index (χ3n) is 3.66. The smallest absolute Gasteiger partial charge is 0.227 e. The summed E-state index contributed by atoms with van der Waals surface area (Å²) in [6.07, 6.45) is 2.46. The summed E-state index contributed by atoms with van der Waals surface area (Å²) in [5.41, 5.74) is 2.58. The van der Waals surface area contributed by atoms with Gasteiger partial charge in [-0.1, -0.05) is 37.3 Å². The number of nitrogens with zero attached hydrogens (tertiary/aromatic N) is 2. The molecular weight excluding hydrogens is 276 g/mol. The molecule has 5 nitrogen and oxygen atoms in total. The van der Waals surface area contributed by atoms with Gasteiger partial charge in [0.15, 0.2) is 5.65 Å². The Hall–Kier alpha value is -2.69. The number of aromatic amines is 1. The highest BCUT2D eigenvalue weighted by Gasteiger charge is 2.18. The minimum atomic E-state index is -0.135. The highest BCUT2D eigenvalue weighted by molar-refractivity contribution is 5.83. The van der Waals surface area contributed by atoms with E-state index in [-0.39, 0.29) is 11.8 Å². The molecule has 1 unspecified atom stereocenters. The molecule has 3 rings (SSSR count). The molecule has 1 aromatic carbocycles. The number of amides is 1. The largest absolute Gasteiger partial charge is 0.348 e. The first-order chi connectivity index (χ1) is 10.8. The third-order valence-corrected chi connectivity index (χ3v) is 3.66. The fraction of sp³-hybridized carbons (Fsp3) is 0.235. The maximum atomic E-state index is 12.4. The van der Waals surface area contributed by atoms with Crippen LogP contribution in [-0.2, 0) is 11.3 Å². The molecule has 0 saturated carbocycles. The quantitative estimate of drug-likeness (QED) is 0.760. The van der Waals surface area contributed by atoms with Gasteiger partial charge in [0, 0.05) is 6.20 Å². The average Bonchev–Trinajstić information content (AvgIpc) is 2.97. The number of nitrogens with one attached hydrogen (secondary N) is 2. The van der Waals surface area contributed by atoms with Gasteiger partial charge >= 0.3 is 0 Å². The SMILES string of the molecule is CCC(C(=O)NCc1nc2ncccc2[nH]1)c1ccccc1. The lowest BCUT2D eigenvalue weighted by atomic mass is 9.96. The van der Waals surface area contributed by atoms with Gasteiger partial charge < -0.3 is 10.3 Å². The Balaban J connectivity index is 1.68. The Morgan fingerprint density at radius 1 is 1.23 bits per heavy atom. The first kappa shape index (κ1) is 14.3. The molecule has 0 aliphatic heterocycles.